The molecule has 0 atom stereocenters. The topological polar surface area (TPSA) is 102 Å². The molecule has 0 aliphatic rings. The largest absolute Gasteiger partial charge is 0.477 e. The Hall–Kier alpha value is -5.95. The molecule has 5 heterocycles. The number of hydrogen-bond donors (Lipinski definition) is 1. The summed E-state index contributed by atoms with van der Waals surface area (Å²) in [6, 6.07) is 44.0. The Bertz CT molecular complexity index is 2320. The van der Waals surface area contributed by atoms with Crippen LogP contribution in [0.4, 0.5) is 0 Å². The first-order valence-electron chi connectivity index (χ1n) is 14.8. The summed E-state index contributed by atoms with van der Waals surface area (Å²) in [4.78, 5) is 22.6. The fourth-order valence-electron chi connectivity index (χ4n) is 5.17. The van der Waals surface area contributed by atoms with E-state index in [1.807, 2.05) is 60.7 Å². The number of rotatable bonds is 3. The van der Waals surface area contributed by atoms with E-state index in [4.69, 9.17) is 13.9 Å². The molecule has 235 valence electrons. The second kappa shape index (κ2) is 14.6. The maximum absolute atomic E-state index is 10.1. The van der Waals surface area contributed by atoms with E-state index in [9.17, 15) is 4.79 Å². The van der Waals surface area contributed by atoms with E-state index < -0.39 is 5.97 Å². The van der Waals surface area contributed by atoms with Crippen molar-refractivity contribution in [1.29, 1.82) is 0 Å². The molecule has 4 aromatic carbocycles. The Morgan fingerprint density at radius 3 is 1.48 bits per heavy atom. The second-order valence-electron chi connectivity index (χ2n) is 10.4. The van der Waals surface area contributed by atoms with Gasteiger partial charge in [-0.1, -0.05) is 64.4 Å². The summed E-state index contributed by atoms with van der Waals surface area (Å²) < 4.78 is 11.1. The first-order valence-corrected chi connectivity index (χ1v) is 14.8. The first-order chi connectivity index (χ1) is 23.1. The van der Waals surface area contributed by atoms with Gasteiger partial charge in [-0.25, -0.2) is 9.78 Å². The Labute approximate surface area is 288 Å². The number of carboxylic acid groups (broad SMARTS) is 1. The van der Waals surface area contributed by atoms with Gasteiger partial charge in [0.05, 0.1) is 12.5 Å². The molecule has 9 aromatic rings. The summed E-state index contributed by atoms with van der Waals surface area (Å²) in [7, 11) is 0. The third-order valence-corrected chi connectivity index (χ3v) is 7.45. The summed E-state index contributed by atoms with van der Waals surface area (Å²) in [5, 5.41) is 15.0. The van der Waals surface area contributed by atoms with Gasteiger partial charge >= 0.3 is 5.97 Å². The molecule has 9 rings (SSSR count). The van der Waals surface area contributed by atoms with Gasteiger partial charge in [0, 0.05) is 60.9 Å². The number of aromatic nitrogens is 3. The van der Waals surface area contributed by atoms with Gasteiger partial charge in [0.2, 0.25) is 0 Å². The minimum absolute atomic E-state index is 0. The van der Waals surface area contributed by atoms with Crippen LogP contribution in [-0.4, -0.2) is 26.0 Å². The molecule has 0 saturated carbocycles. The van der Waals surface area contributed by atoms with Crippen LogP contribution in [0.5, 0.6) is 0 Å². The van der Waals surface area contributed by atoms with Gasteiger partial charge < -0.3 is 13.9 Å². The molecule has 0 saturated heterocycles. The zero-order valence-corrected chi connectivity index (χ0v) is 27.6. The molecule has 1 N–H and O–H groups in total. The second-order valence-corrected chi connectivity index (χ2v) is 10.4. The SMILES string of the molecule is O=C(O)c1ccccn1.[Ir].[c-]1c(-c2nccc3ccoc23)ccc2ccccc12.[c-]1c(-c2nccc3ccoc23)ccc2ccccc12. The number of carbonyl (C=O) groups is 1. The Morgan fingerprint density at radius 1 is 0.521 bits per heavy atom. The maximum Gasteiger partial charge on any atom is 0.354 e. The van der Waals surface area contributed by atoms with E-state index in [1.54, 1.807) is 37.1 Å². The quantitative estimate of drug-likeness (QED) is 0.178. The molecule has 0 aliphatic heterocycles. The van der Waals surface area contributed by atoms with Gasteiger partial charge in [0.25, 0.3) is 0 Å². The third-order valence-electron chi connectivity index (χ3n) is 7.45. The predicted octanol–water partition coefficient (Wildman–Crippen LogP) is 9.67. The van der Waals surface area contributed by atoms with Crippen molar-refractivity contribution in [2.75, 3.05) is 0 Å². The molecule has 8 heteroatoms. The molecule has 48 heavy (non-hydrogen) atoms. The summed E-state index contributed by atoms with van der Waals surface area (Å²) in [5.74, 6) is -0.990. The minimum atomic E-state index is -0.990. The number of carboxylic acids is 1. The zero-order valence-electron chi connectivity index (χ0n) is 25.2. The van der Waals surface area contributed by atoms with E-state index in [1.165, 1.54) is 23.0 Å². The molecule has 0 fully saturated rings. The summed E-state index contributed by atoms with van der Waals surface area (Å²) in [6.45, 7) is 0. The molecule has 0 aliphatic carbocycles. The molecular formula is C40H25IrN3O4-2. The van der Waals surface area contributed by atoms with E-state index in [0.717, 1.165) is 55.2 Å². The molecule has 0 unspecified atom stereocenters. The average molecular weight is 804 g/mol. The molecule has 0 bridgehead atoms. The minimum Gasteiger partial charge on any atom is -0.477 e. The van der Waals surface area contributed by atoms with Crippen molar-refractivity contribution in [3.8, 4) is 22.5 Å². The van der Waals surface area contributed by atoms with Gasteiger partial charge in [-0.3, -0.25) is 9.97 Å². The van der Waals surface area contributed by atoms with E-state index in [0.29, 0.717) is 0 Å². The molecule has 1 radical (unpaired) electrons. The van der Waals surface area contributed by atoms with Crippen LogP contribution in [0.1, 0.15) is 10.5 Å². The van der Waals surface area contributed by atoms with Crippen molar-refractivity contribution in [2.24, 2.45) is 0 Å². The summed E-state index contributed by atoms with van der Waals surface area (Å²) >= 11 is 0. The molecule has 7 nitrogen and oxygen atoms in total. The Morgan fingerprint density at radius 2 is 1.02 bits per heavy atom. The van der Waals surface area contributed by atoms with Crippen LogP contribution in [-0.2, 0) is 20.1 Å². The van der Waals surface area contributed by atoms with Crippen LogP contribution in [0.25, 0.3) is 66.0 Å². The van der Waals surface area contributed by atoms with Crippen LogP contribution in [0, 0.1) is 12.1 Å². The van der Waals surface area contributed by atoms with Crippen LogP contribution in [0.15, 0.2) is 155 Å². The van der Waals surface area contributed by atoms with Gasteiger partial charge in [0.15, 0.2) is 0 Å². The van der Waals surface area contributed by atoms with Crippen molar-refractivity contribution in [3.05, 3.63) is 164 Å². The van der Waals surface area contributed by atoms with Crippen LogP contribution >= 0.6 is 0 Å². The smallest absolute Gasteiger partial charge is 0.354 e. The third kappa shape index (κ3) is 6.90. The number of benzene rings is 4. The van der Waals surface area contributed by atoms with Crippen molar-refractivity contribution in [3.63, 3.8) is 0 Å². The zero-order chi connectivity index (χ0) is 32.0. The fourth-order valence-corrected chi connectivity index (χ4v) is 5.17. The molecular weight excluding hydrogens is 779 g/mol. The Kier molecular flexibility index (Phi) is 9.77. The number of aromatic carboxylic acids is 1. The van der Waals surface area contributed by atoms with E-state index in [-0.39, 0.29) is 25.8 Å². The Balaban J connectivity index is 0.000000132. The van der Waals surface area contributed by atoms with Crippen LogP contribution in [0.3, 0.4) is 0 Å². The normalized spacial score (nSPS) is 10.5. The van der Waals surface area contributed by atoms with Gasteiger partial charge in [0.1, 0.15) is 16.9 Å². The standard InChI is InChI=1S/2C17H10NO.C6H5NO2.Ir/c2*1-2-4-14-11-15(6-5-12(14)3-1)16-17-13(7-9-18-16)8-10-19-17;8-6(9)5-3-1-2-4-7-5;/h2*1-10H;1-4H,(H,8,9);/q2*-1;;. The van der Waals surface area contributed by atoms with Gasteiger partial charge in [-0.15, -0.1) is 59.3 Å². The number of pyridine rings is 3. The van der Waals surface area contributed by atoms with Crippen LogP contribution in [0.2, 0.25) is 0 Å². The van der Waals surface area contributed by atoms with Crippen molar-refractivity contribution in [2.45, 2.75) is 0 Å². The van der Waals surface area contributed by atoms with E-state index in [2.05, 4.69) is 63.5 Å². The summed E-state index contributed by atoms with van der Waals surface area (Å²) in [6.07, 6.45) is 8.43. The average Bonchev–Trinajstić information content (AvgIpc) is 3.82. The predicted molar refractivity (Wildman–Crippen MR) is 183 cm³/mol. The van der Waals surface area contributed by atoms with Gasteiger partial charge in [-0.05, 0) is 36.4 Å². The molecule has 0 spiro atoms. The fraction of sp³-hybridized carbons (Fsp3) is 0. The first kappa shape index (κ1) is 32.0. The summed E-state index contributed by atoms with van der Waals surface area (Å²) in [5.41, 5.74) is 5.31. The van der Waals surface area contributed by atoms with Crippen molar-refractivity contribution < 1.29 is 38.8 Å². The number of nitrogens with zero attached hydrogens (tertiary/aromatic N) is 3. The number of furan rings is 2. The van der Waals surface area contributed by atoms with Crippen LogP contribution < -0.4 is 0 Å². The molecule has 0 amide bonds. The number of hydrogen-bond acceptors (Lipinski definition) is 6. The van der Waals surface area contributed by atoms with Gasteiger partial charge in [-0.2, -0.15) is 0 Å². The maximum atomic E-state index is 10.1. The van der Waals surface area contributed by atoms with Crippen molar-refractivity contribution in [1.82, 2.24) is 15.0 Å². The molecule has 5 aromatic heterocycles. The monoisotopic (exact) mass is 804 g/mol. The number of fused-ring (bicyclic) bond motifs is 4. The van der Waals surface area contributed by atoms with E-state index >= 15 is 0 Å². The van der Waals surface area contributed by atoms with Crippen molar-refractivity contribution >= 4 is 49.5 Å².